The lowest BCUT2D eigenvalue weighted by molar-refractivity contribution is 0.0595. The second-order valence-corrected chi connectivity index (χ2v) is 6.61. The molecule has 0 unspecified atom stereocenters. The molecule has 1 heterocycles. The van der Waals surface area contributed by atoms with Gasteiger partial charge >= 0.3 is 5.97 Å². The lowest BCUT2D eigenvalue weighted by atomic mass is 10.2. The van der Waals surface area contributed by atoms with Gasteiger partial charge in [0.05, 0.1) is 12.8 Å². The van der Waals surface area contributed by atoms with Crippen LogP contribution in [0.4, 0.5) is 5.69 Å². The first kappa shape index (κ1) is 16.1. The second-order valence-electron chi connectivity index (χ2n) is 4.75. The van der Waals surface area contributed by atoms with Crippen molar-refractivity contribution in [2.75, 3.05) is 18.0 Å². The first-order valence-corrected chi connectivity index (χ1v) is 8.20. The second kappa shape index (κ2) is 6.23. The average Bonchev–Trinajstić information content (AvgIpc) is 2.97. The molecule has 0 spiro atoms. The molecular formula is C15H18N2O4S. The number of benzene rings is 1. The summed E-state index contributed by atoms with van der Waals surface area (Å²) in [5.74, 6) is -0.611. The molecule has 0 radical (unpaired) electrons. The Bertz CT molecular complexity index is 780. The third kappa shape index (κ3) is 2.99. The molecule has 1 N–H and O–H groups in total. The van der Waals surface area contributed by atoms with Crippen LogP contribution in [0.5, 0.6) is 0 Å². The van der Waals surface area contributed by atoms with Crippen LogP contribution >= 0.6 is 0 Å². The van der Waals surface area contributed by atoms with Gasteiger partial charge in [-0.2, -0.15) is 0 Å². The number of hydrogen-bond acceptors (Lipinski definition) is 4. The number of carbonyl (C=O) groups is 1. The molecule has 0 saturated heterocycles. The number of ether oxygens (including phenoxy) is 1. The number of H-pyrrole nitrogens is 1. The fourth-order valence-electron chi connectivity index (χ4n) is 2.15. The number of aromatic amines is 1. The van der Waals surface area contributed by atoms with Crippen molar-refractivity contribution in [3.05, 3.63) is 47.8 Å². The maximum atomic E-state index is 12.8. The summed E-state index contributed by atoms with van der Waals surface area (Å²) in [4.78, 5) is 14.1. The van der Waals surface area contributed by atoms with E-state index >= 15 is 0 Å². The summed E-state index contributed by atoms with van der Waals surface area (Å²) >= 11 is 0. The molecule has 0 atom stereocenters. The number of anilines is 1. The van der Waals surface area contributed by atoms with Gasteiger partial charge in [0.2, 0.25) is 0 Å². The highest BCUT2D eigenvalue weighted by Gasteiger charge is 2.26. The van der Waals surface area contributed by atoms with E-state index in [1.54, 1.807) is 25.1 Å². The van der Waals surface area contributed by atoms with E-state index < -0.39 is 16.0 Å². The third-order valence-corrected chi connectivity index (χ3v) is 5.11. The lowest BCUT2D eigenvalue weighted by Gasteiger charge is -2.22. The zero-order valence-electron chi connectivity index (χ0n) is 12.7. The van der Waals surface area contributed by atoms with Crippen LogP contribution in [-0.2, 0) is 14.8 Å². The highest BCUT2D eigenvalue weighted by Crippen LogP contribution is 2.24. The van der Waals surface area contributed by atoms with Crippen LogP contribution in [0.2, 0.25) is 0 Å². The summed E-state index contributed by atoms with van der Waals surface area (Å²) in [6, 6.07) is 8.52. The van der Waals surface area contributed by atoms with E-state index in [1.807, 2.05) is 13.0 Å². The van der Waals surface area contributed by atoms with Crippen molar-refractivity contribution >= 4 is 21.7 Å². The van der Waals surface area contributed by atoms with Crippen molar-refractivity contribution in [3.8, 4) is 0 Å². The molecule has 22 heavy (non-hydrogen) atoms. The molecule has 0 aliphatic carbocycles. The van der Waals surface area contributed by atoms with E-state index in [1.165, 1.54) is 23.7 Å². The molecule has 0 aliphatic heterocycles. The van der Waals surface area contributed by atoms with Crippen LogP contribution in [0.25, 0.3) is 0 Å². The highest BCUT2D eigenvalue weighted by atomic mass is 32.2. The van der Waals surface area contributed by atoms with Crippen LogP contribution < -0.4 is 4.31 Å². The van der Waals surface area contributed by atoms with Gasteiger partial charge in [-0.05, 0) is 37.6 Å². The van der Waals surface area contributed by atoms with E-state index in [-0.39, 0.29) is 17.1 Å². The number of aromatic nitrogens is 1. The molecule has 1 aromatic heterocycles. The molecule has 6 nitrogen and oxygen atoms in total. The van der Waals surface area contributed by atoms with Crippen molar-refractivity contribution < 1.29 is 17.9 Å². The quantitative estimate of drug-likeness (QED) is 0.857. The number of nitrogens with zero attached hydrogens (tertiary/aromatic N) is 1. The van der Waals surface area contributed by atoms with Crippen molar-refractivity contribution in [2.24, 2.45) is 0 Å². The number of hydrogen-bond donors (Lipinski definition) is 1. The number of nitrogens with one attached hydrogen (secondary N) is 1. The molecule has 0 saturated carbocycles. The first-order chi connectivity index (χ1) is 10.4. The fraction of sp³-hybridized carbons (Fsp3) is 0.267. The Hall–Kier alpha value is -2.28. The Morgan fingerprint density at radius 1 is 1.32 bits per heavy atom. The Labute approximate surface area is 129 Å². The predicted molar refractivity (Wildman–Crippen MR) is 83.5 cm³/mol. The zero-order chi connectivity index (χ0) is 16.3. The van der Waals surface area contributed by atoms with Gasteiger partial charge in [0.15, 0.2) is 0 Å². The summed E-state index contributed by atoms with van der Waals surface area (Å²) in [5, 5.41) is 0. The largest absolute Gasteiger partial charge is 0.464 e. The number of esters is 1. The fourth-order valence-corrected chi connectivity index (χ4v) is 3.61. The highest BCUT2D eigenvalue weighted by molar-refractivity contribution is 7.92. The maximum Gasteiger partial charge on any atom is 0.354 e. The van der Waals surface area contributed by atoms with E-state index in [0.29, 0.717) is 5.69 Å². The lowest BCUT2D eigenvalue weighted by Crippen LogP contribution is -2.30. The van der Waals surface area contributed by atoms with Crippen LogP contribution in [0, 0.1) is 6.92 Å². The topological polar surface area (TPSA) is 79.5 Å². The normalized spacial score (nSPS) is 11.2. The van der Waals surface area contributed by atoms with Gasteiger partial charge in [0.1, 0.15) is 10.6 Å². The first-order valence-electron chi connectivity index (χ1n) is 6.76. The molecule has 2 aromatic rings. The number of sulfonamides is 1. The predicted octanol–water partition coefficient (Wildman–Crippen LogP) is 2.32. The molecule has 0 bridgehead atoms. The van der Waals surface area contributed by atoms with Gasteiger partial charge in [-0.25, -0.2) is 13.2 Å². The maximum absolute atomic E-state index is 12.8. The minimum Gasteiger partial charge on any atom is -0.464 e. The standard InChI is InChI=1S/C15H18N2O4S/c1-4-17(12-7-5-6-11(2)8-12)22(19,20)13-9-14(16-10-13)15(18)21-3/h5-10,16H,4H2,1-3H3. The summed E-state index contributed by atoms with van der Waals surface area (Å²) in [7, 11) is -2.51. The molecule has 0 aliphatic rings. The summed E-state index contributed by atoms with van der Waals surface area (Å²) in [6.45, 7) is 3.94. The SMILES string of the molecule is CCN(c1cccc(C)c1)S(=O)(=O)c1c[nH]c(C(=O)OC)c1. The number of carbonyl (C=O) groups excluding carboxylic acids is 1. The van der Waals surface area contributed by atoms with Gasteiger partial charge in [0, 0.05) is 12.7 Å². The summed E-state index contributed by atoms with van der Waals surface area (Å²) < 4.78 is 31.4. The Morgan fingerprint density at radius 3 is 2.64 bits per heavy atom. The number of methoxy groups -OCH3 is 1. The number of aryl methyl sites for hydroxylation is 1. The molecule has 7 heteroatoms. The monoisotopic (exact) mass is 322 g/mol. The Kier molecular flexibility index (Phi) is 4.56. The van der Waals surface area contributed by atoms with Crippen LogP contribution in [0.3, 0.4) is 0 Å². The Morgan fingerprint density at radius 2 is 2.05 bits per heavy atom. The molecular weight excluding hydrogens is 304 g/mol. The van der Waals surface area contributed by atoms with E-state index in [0.717, 1.165) is 5.56 Å². The van der Waals surface area contributed by atoms with Gasteiger partial charge in [-0.15, -0.1) is 0 Å². The third-order valence-electron chi connectivity index (χ3n) is 3.23. The minimum atomic E-state index is -3.75. The van der Waals surface area contributed by atoms with Crippen LogP contribution in [0.15, 0.2) is 41.4 Å². The van der Waals surface area contributed by atoms with Gasteiger partial charge in [-0.1, -0.05) is 12.1 Å². The molecule has 0 fully saturated rings. The summed E-state index contributed by atoms with van der Waals surface area (Å²) in [5.41, 5.74) is 1.65. The minimum absolute atomic E-state index is 0.0243. The molecule has 2 rings (SSSR count). The van der Waals surface area contributed by atoms with Crippen molar-refractivity contribution in [1.29, 1.82) is 0 Å². The zero-order valence-corrected chi connectivity index (χ0v) is 13.5. The van der Waals surface area contributed by atoms with E-state index in [9.17, 15) is 13.2 Å². The molecule has 1 aromatic carbocycles. The smallest absolute Gasteiger partial charge is 0.354 e. The van der Waals surface area contributed by atoms with Crippen molar-refractivity contribution in [2.45, 2.75) is 18.7 Å². The van der Waals surface area contributed by atoms with Crippen LogP contribution in [0.1, 0.15) is 23.0 Å². The summed E-state index contributed by atoms with van der Waals surface area (Å²) in [6.07, 6.45) is 1.29. The average molecular weight is 322 g/mol. The van der Waals surface area contributed by atoms with Gasteiger partial charge in [0.25, 0.3) is 10.0 Å². The number of rotatable bonds is 5. The van der Waals surface area contributed by atoms with Gasteiger partial charge in [-0.3, -0.25) is 4.31 Å². The van der Waals surface area contributed by atoms with Crippen molar-refractivity contribution in [1.82, 2.24) is 4.98 Å². The molecule has 118 valence electrons. The van der Waals surface area contributed by atoms with Gasteiger partial charge < -0.3 is 9.72 Å². The molecule has 0 amide bonds. The van der Waals surface area contributed by atoms with E-state index in [4.69, 9.17) is 0 Å². The van der Waals surface area contributed by atoms with E-state index in [2.05, 4.69) is 9.72 Å². The van der Waals surface area contributed by atoms with Crippen LogP contribution in [-0.4, -0.2) is 33.0 Å². The van der Waals surface area contributed by atoms with Crippen molar-refractivity contribution in [3.63, 3.8) is 0 Å². The Balaban J connectivity index is 2.43.